The first kappa shape index (κ1) is 21.6. The van der Waals surface area contributed by atoms with Crippen LogP contribution in [0.3, 0.4) is 0 Å². The molecule has 31 heavy (non-hydrogen) atoms. The van der Waals surface area contributed by atoms with Crippen LogP contribution in [0.15, 0.2) is 34.1 Å². The Kier molecular flexibility index (Phi) is 5.81. The van der Waals surface area contributed by atoms with Gasteiger partial charge >= 0.3 is 11.7 Å². The molecule has 3 aromatic rings. The number of ether oxygens (including phenoxy) is 1. The average Bonchev–Trinajstić information content (AvgIpc) is 3.12. The number of esters is 1. The summed E-state index contributed by atoms with van der Waals surface area (Å²) in [7, 11) is 2.73. The first-order valence-corrected chi connectivity index (χ1v) is 8.97. The molecule has 0 aliphatic heterocycles. The molecule has 162 valence electrons. The molecule has 0 atom stereocenters. The number of benzene rings is 1. The zero-order chi connectivity index (χ0) is 22.9. The van der Waals surface area contributed by atoms with E-state index in [0.717, 1.165) is 15.2 Å². The Morgan fingerprint density at radius 2 is 1.87 bits per heavy atom. The number of anilines is 1. The van der Waals surface area contributed by atoms with Crippen LogP contribution in [0.25, 0.3) is 11.2 Å². The second kappa shape index (κ2) is 8.34. The maximum absolute atomic E-state index is 14.1. The molecule has 1 amide bonds. The molecule has 0 aliphatic carbocycles. The quantitative estimate of drug-likeness (QED) is 0.427. The number of imidazole rings is 1. The van der Waals surface area contributed by atoms with Crippen molar-refractivity contribution in [2.75, 3.05) is 11.9 Å². The smallest absolute Gasteiger partial charge is 0.332 e. The number of fused-ring (bicyclic) bond motifs is 1. The van der Waals surface area contributed by atoms with Gasteiger partial charge in [0.2, 0.25) is 11.7 Å². The lowest BCUT2D eigenvalue weighted by Crippen LogP contribution is -2.37. The largest absolute Gasteiger partial charge is 0.456 e. The van der Waals surface area contributed by atoms with Crippen molar-refractivity contribution in [1.29, 1.82) is 0 Å². The van der Waals surface area contributed by atoms with Gasteiger partial charge in [0, 0.05) is 26.7 Å². The first-order chi connectivity index (χ1) is 14.6. The van der Waals surface area contributed by atoms with E-state index in [9.17, 15) is 28.4 Å². The molecule has 0 unspecified atom stereocenters. The van der Waals surface area contributed by atoms with Gasteiger partial charge in [0.05, 0.1) is 11.9 Å². The van der Waals surface area contributed by atoms with E-state index in [0.29, 0.717) is 0 Å². The van der Waals surface area contributed by atoms with E-state index >= 15 is 0 Å². The molecular formula is C19H18FN5O6. The van der Waals surface area contributed by atoms with Crippen LogP contribution in [0.5, 0.6) is 0 Å². The number of halogens is 1. The number of Topliss-reactive ketones (excluding diaryl/α,β-unsaturated/α-hetero) is 1. The summed E-state index contributed by atoms with van der Waals surface area (Å²) in [5.74, 6) is -2.92. The van der Waals surface area contributed by atoms with Crippen LogP contribution < -0.4 is 16.6 Å². The summed E-state index contributed by atoms with van der Waals surface area (Å²) in [5.41, 5.74) is -1.21. The highest BCUT2D eigenvalue weighted by molar-refractivity contribution is 5.99. The Labute approximate surface area is 173 Å². The lowest BCUT2D eigenvalue weighted by molar-refractivity contribution is -0.143. The van der Waals surface area contributed by atoms with Crippen molar-refractivity contribution < 1.29 is 23.5 Å². The molecule has 0 radical (unpaired) electrons. The fourth-order valence-electron chi connectivity index (χ4n) is 2.95. The standard InChI is InChI=1S/C19H18FN5O6/c1-10(26)22-11-4-5-12(13(20)6-11)14(27)8-31-15(28)7-25-9-21-17-16(25)18(29)24(3)19(30)23(17)2/h4-6,9H,7-8H2,1-3H3,(H,22,26). The summed E-state index contributed by atoms with van der Waals surface area (Å²) in [6.07, 6.45) is 1.20. The number of hydrogen-bond acceptors (Lipinski definition) is 7. The van der Waals surface area contributed by atoms with E-state index in [1.165, 1.54) is 44.0 Å². The van der Waals surface area contributed by atoms with E-state index in [2.05, 4.69) is 10.3 Å². The third kappa shape index (κ3) is 4.27. The predicted molar refractivity (Wildman–Crippen MR) is 106 cm³/mol. The molecule has 0 bridgehead atoms. The minimum Gasteiger partial charge on any atom is -0.456 e. The highest BCUT2D eigenvalue weighted by Gasteiger charge is 2.18. The topological polar surface area (TPSA) is 134 Å². The maximum Gasteiger partial charge on any atom is 0.332 e. The van der Waals surface area contributed by atoms with Gasteiger partial charge in [-0.15, -0.1) is 0 Å². The molecule has 3 rings (SSSR count). The molecule has 12 heteroatoms. The lowest BCUT2D eigenvalue weighted by Gasteiger charge is -2.08. The Morgan fingerprint density at radius 1 is 1.16 bits per heavy atom. The minimum absolute atomic E-state index is 0.0208. The molecular weight excluding hydrogens is 413 g/mol. The fraction of sp³-hybridized carbons (Fsp3) is 0.263. The van der Waals surface area contributed by atoms with Crippen molar-refractivity contribution in [3.63, 3.8) is 0 Å². The van der Waals surface area contributed by atoms with E-state index in [1.54, 1.807) is 0 Å². The van der Waals surface area contributed by atoms with Crippen LogP contribution >= 0.6 is 0 Å². The summed E-state index contributed by atoms with van der Waals surface area (Å²) in [5, 5.41) is 2.38. The Morgan fingerprint density at radius 3 is 2.52 bits per heavy atom. The monoisotopic (exact) mass is 431 g/mol. The van der Waals surface area contributed by atoms with Crippen LogP contribution in [0.4, 0.5) is 10.1 Å². The number of rotatable bonds is 6. The number of carbonyl (C=O) groups is 3. The van der Waals surface area contributed by atoms with Crippen LogP contribution in [0.2, 0.25) is 0 Å². The molecule has 11 nitrogen and oxygen atoms in total. The highest BCUT2D eigenvalue weighted by atomic mass is 19.1. The predicted octanol–water partition coefficient (Wildman–Crippen LogP) is -0.0427. The van der Waals surface area contributed by atoms with Gasteiger partial charge in [0.25, 0.3) is 5.56 Å². The highest BCUT2D eigenvalue weighted by Crippen LogP contribution is 2.15. The summed E-state index contributed by atoms with van der Waals surface area (Å²) in [6, 6.07) is 3.50. The molecule has 0 aliphatic rings. The number of hydrogen-bond donors (Lipinski definition) is 1. The summed E-state index contributed by atoms with van der Waals surface area (Å²) in [6.45, 7) is 0.0921. The summed E-state index contributed by atoms with van der Waals surface area (Å²) in [4.78, 5) is 63.6. The van der Waals surface area contributed by atoms with Crippen LogP contribution in [-0.4, -0.2) is 43.0 Å². The number of ketones is 1. The van der Waals surface area contributed by atoms with E-state index < -0.39 is 47.9 Å². The molecule has 1 aromatic carbocycles. The average molecular weight is 431 g/mol. The van der Waals surface area contributed by atoms with Gasteiger partial charge in [-0.05, 0) is 18.2 Å². The van der Waals surface area contributed by atoms with Gasteiger partial charge in [-0.1, -0.05) is 0 Å². The van der Waals surface area contributed by atoms with Crippen molar-refractivity contribution >= 4 is 34.5 Å². The second-order valence-corrected chi connectivity index (χ2v) is 6.71. The number of nitrogens with zero attached hydrogens (tertiary/aromatic N) is 4. The van der Waals surface area contributed by atoms with Gasteiger partial charge in [0.1, 0.15) is 12.4 Å². The van der Waals surface area contributed by atoms with Crippen LogP contribution in [0.1, 0.15) is 17.3 Å². The SMILES string of the molecule is CC(=O)Nc1ccc(C(=O)COC(=O)Cn2cnc3c2c(=O)n(C)c(=O)n3C)c(F)c1. The summed E-state index contributed by atoms with van der Waals surface area (Å²) < 4.78 is 22.3. The van der Waals surface area contributed by atoms with Crippen molar-refractivity contribution in [3.05, 3.63) is 56.7 Å². The number of aromatic nitrogens is 4. The first-order valence-electron chi connectivity index (χ1n) is 8.97. The number of aryl methyl sites for hydroxylation is 1. The van der Waals surface area contributed by atoms with Crippen LogP contribution in [0, 0.1) is 5.82 Å². The number of carbonyl (C=O) groups excluding carboxylic acids is 3. The third-order valence-electron chi connectivity index (χ3n) is 4.47. The van der Waals surface area contributed by atoms with E-state index in [-0.39, 0.29) is 22.4 Å². The number of nitrogens with one attached hydrogen (secondary N) is 1. The third-order valence-corrected chi connectivity index (χ3v) is 4.47. The van der Waals surface area contributed by atoms with E-state index in [1.807, 2.05) is 0 Å². The molecule has 2 heterocycles. The van der Waals surface area contributed by atoms with Gasteiger partial charge < -0.3 is 14.6 Å². The zero-order valence-corrected chi connectivity index (χ0v) is 16.8. The van der Waals surface area contributed by atoms with Crippen molar-refractivity contribution in [1.82, 2.24) is 18.7 Å². The fourth-order valence-corrected chi connectivity index (χ4v) is 2.95. The van der Waals surface area contributed by atoms with E-state index in [4.69, 9.17) is 4.74 Å². The molecule has 0 spiro atoms. The summed E-state index contributed by atoms with van der Waals surface area (Å²) >= 11 is 0. The van der Waals surface area contributed by atoms with Crippen LogP contribution in [-0.2, 0) is 35.0 Å². The van der Waals surface area contributed by atoms with Crippen molar-refractivity contribution in [3.8, 4) is 0 Å². The molecule has 0 fully saturated rings. The van der Waals surface area contributed by atoms with Crippen molar-refractivity contribution in [2.45, 2.75) is 13.5 Å². The van der Waals surface area contributed by atoms with Gasteiger partial charge in [-0.25, -0.2) is 14.2 Å². The molecule has 2 aromatic heterocycles. The molecule has 0 saturated heterocycles. The Balaban J connectivity index is 1.71. The Hall–Kier alpha value is -4.09. The molecule has 1 N–H and O–H groups in total. The minimum atomic E-state index is -0.877. The van der Waals surface area contributed by atoms with Crippen molar-refractivity contribution in [2.24, 2.45) is 14.1 Å². The van der Waals surface area contributed by atoms with Gasteiger partial charge in [0.15, 0.2) is 17.8 Å². The normalized spacial score (nSPS) is 10.8. The van der Waals surface area contributed by atoms with Gasteiger partial charge in [-0.3, -0.25) is 28.3 Å². The maximum atomic E-state index is 14.1. The second-order valence-electron chi connectivity index (χ2n) is 6.71. The lowest BCUT2D eigenvalue weighted by atomic mass is 10.1. The Bertz CT molecular complexity index is 1340. The number of amides is 1. The van der Waals surface area contributed by atoms with Gasteiger partial charge in [-0.2, -0.15) is 0 Å². The zero-order valence-electron chi connectivity index (χ0n) is 16.8. The molecule has 0 saturated carbocycles.